The highest BCUT2D eigenvalue weighted by Crippen LogP contribution is 2.30. The molecule has 3 aromatic rings. The zero-order valence-electron chi connectivity index (χ0n) is 17.1. The molecular weight excluding hydrogens is 411 g/mol. The van der Waals surface area contributed by atoms with E-state index in [2.05, 4.69) is 20.2 Å². The van der Waals surface area contributed by atoms with E-state index >= 15 is 0 Å². The maximum absolute atomic E-state index is 12.6. The number of nitrogens with zero attached hydrogens (tertiary/aromatic N) is 4. The molecule has 10 heteroatoms. The van der Waals surface area contributed by atoms with Crippen LogP contribution in [0.5, 0.6) is 5.75 Å². The summed E-state index contributed by atoms with van der Waals surface area (Å²) < 4.78 is 51.2. The molecule has 4 rings (SSSR count). The molecule has 0 amide bonds. The number of ether oxygens (including phenoxy) is 2. The first-order valence-electron chi connectivity index (χ1n) is 10.0. The summed E-state index contributed by atoms with van der Waals surface area (Å²) in [4.78, 5) is 2.31. The second-order valence-electron chi connectivity index (χ2n) is 7.48. The molecule has 0 saturated carbocycles. The van der Waals surface area contributed by atoms with Crippen LogP contribution in [0.3, 0.4) is 0 Å². The summed E-state index contributed by atoms with van der Waals surface area (Å²) in [5.74, 6) is 0.397. The lowest BCUT2D eigenvalue weighted by molar-refractivity contribution is -0.137. The largest absolute Gasteiger partial charge is 0.493 e. The molecule has 0 aliphatic carbocycles. The Morgan fingerprint density at radius 2 is 2.03 bits per heavy atom. The first kappa shape index (κ1) is 21.4. The van der Waals surface area contributed by atoms with Gasteiger partial charge in [0.25, 0.3) is 0 Å². The number of H-pyrrole nitrogens is 1. The van der Waals surface area contributed by atoms with Gasteiger partial charge in [0, 0.05) is 45.0 Å². The van der Waals surface area contributed by atoms with Gasteiger partial charge in [-0.25, -0.2) is 0 Å². The topological polar surface area (TPSA) is 68.2 Å². The first-order chi connectivity index (χ1) is 14.9. The van der Waals surface area contributed by atoms with E-state index < -0.39 is 11.7 Å². The van der Waals surface area contributed by atoms with Gasteiger partial charge in [0.15, 0.2) is 0 Å². The lowest BCUT2D eigenvalue weighted by atomic mass is 10.1. The number of morpholine rings is 1. The molecule has 166 valence electrons. The van der Waals surface area contributed by atoms with Crippen molar-refractivity contribution in [2.24, 2.45) is 7.05 Å². The predicted molar refractivity (Wildman–Crippen MR) is 106 cm³/mol. The average molecular weight is 435 g/mol. The van der Waals surface area contributed by atoms with Crippen molar-refractivity contribution >= 4 is 0 Å². The van der Waals surface area contributed by atoms with Crippen molar-refractivity contribution in [3.05, 3.63) is 65.2 Å². The quantitative estimate of drug-likeness (QED) is 0.617. The molecule has 0 spiro atoms. The second kappa shape index (κ2) is 9.11. The van der Waals surface area contributed by atoms with Crippen LogP contribution >= 0.6 is 0 Å². The first-order valence-corrected chi connectivity index (χ1v) is 10.0. The van der Waals surface area contributed by atoms with E-state index in [-0.39, 0.29) is 6.10 Å². The number of aromatic amines is 1. The molecule has 0 radical (unpaired) electrons. The Bertz CT molecular complexity index is 984. The van der Waals surface area contributed by atoms with Crippen LogP contribution in [-0.2, 0) is 30.9 Å². The van der Waals surface area contributed by atoms with E-state index in [4.69, 9.17) is 9.47 Å². The normalized spacial score (nSPS) is 17.7. The minimum absolute atomic E-state index is 0.122. The minimum atomic E-state index is -4.35. The smallest absolute Gasteiger partial charge is 0.416 e. The number of hydrogen-bond donors (Lipinski definition) is 1. The number of rotatable bonds is 7. The number of aromatic nitrogens is 4. The van der Waals surface area contributed by atoms with Crippen LogP contribution in [0.25, 0.3) is 0 Å². The lowest BCUT2D eigenvalue weighted by Gasteiger charge is -2.31. The molecule has 1 fully saturated rings. The Morgan fingerprint density at radius 1 is 1.23 bits per heavy atom. The minimum Gasteiger partial charge on any atom is -0.493 e. The standard InChI is InChI=1S/C21H24F3N5O2/c1-28-17(6-8-25-28)13-29-9-11-31-20(14-29)19-12-16(26-27-19)7-10-30-18-4-2-15(3-5-18)21(22,23)24/h2-6,8,12,20H,7,9-11,13-14H2,1H3,(H,26,27)/t20-/m1/s1. The van der Waals surface area contributed by atoms with Crippen LogP contribution in [0.2, 0.25) is 0 Å². The van der Waals surface area contributed by atoms with Crippen molar-refractivity contribution < 1.29 is 22.6 Å². The van der Waals surface area contributed by atoms with Crippen molar-refractivity contribution in [2.75, 3.05) is 26.3 Å². The van der Waals surface area contributed by atoms with Gasteiger partial charge < -0.3 is 9.47 Å². The molecule has 1 aliphatic rings. The predicted octanol–water partition coefficient (Wildman–Crippen LogP) is 3.36. The molecule has 1 atom stereocenters. The summed E-state index contributed by atoms with van der Waals surface area (Å²) in [5, 5.41) is 11.6. The third-order valence-corrected chi connectivity index (χ3v) is 5.26. The maximum atomic E-state index is 12.6. The molecule has 0 bridgehead atoms. The molecule has 7 nitrogen and oxygen atoms in total. The van der Waals surface area contributed by atoms with E-state index in [0.29, 0.717) is 25.4 Å². The number of aryl methyl sites for hydroxylation is 1. The molecule has 0 unspecified atom stereocenters. The van der Waals surface area contributed by atoms with Crippen molar-refractivity contribution in [3.8, 4) is 5.75 Å². The van der Waals surface area contributed by atoms with E-state index in [1.54, 1.807) is 6.20 Å². The van der Waals surface area contributed by atoms with E-state index in [0.717, 1.165) is 48.8 Å². The third-order valence-electron chi connectivity index (χ3n) is 5.26. The fourth-order valence-electron chi connectivity index (χ4n) is 3.50. The number of alkyl halides is 3. The molecular formula is C21H24F3N5O2. The molecule has 1 saturated heterocycles. The Hall–Kier alpha value is -2.85. The molecule has 1 aromatic carbocycles. The van der Waals surface area contributed by atoms with Crippen molar-refractivity contribution in [1.82, 2.24) is 24.9 Å². The fourth-order valence-corrected chi connectivity index (χ4v) is 3.50. The Labute approximate surface area is 177 Å². The van der Waals surface area contributed by atoms with Crippen LogP contribution < -0.4 is 4.74 Å². The summed E-state index contributed by atoms with van der Waals surface area (Å²) in [6, 6.07) is 8.65. The monoisotopic (exact) mass is 435 g/mol. The fraction of sp³-hybridized carbons (Fsp3) is 0.429. The maximum Gasteiger partial charge on any atom is 0.416 e. The summed E-state index contributed by atoms with van der Waals surface area (Å²) in [5.41, 5.74) is 2.17. The van der Waals surface area contributed by atoms with Gasteiger partial charge in [-0.1, -0.05) is 0 Å². The Morgan fingerprint density at radius 3 is 2.74 bits per heavy atom. The van der Waals surface area contributed by atoms with E-state index in [1.807, 2.05) is 23.9 Å². The third kappa shape index (κ3) is 5.45. The van der Waals surface area contributed by atoms with Crippen LogP contribution in [0.4, 0.5) is 13.2 Å². The van der Waals surface area contributed by atoms with Crippen molar-refractivity contribution in [2.45, 2.75) is 25.2 Å². The van der Waals surface area contributed by atoms with Crippen molar-refractivity contribution in [3.63, 3.8) is 0 Å². The Balaban J connectivity index is 1.27. The van der Waals surface area contributed by atoms with Crippen LogP contribution in [0.15, 0.2) is 42.6 Å². The summed E-state index contributed by atoms with van der Waals surface area (Å²) >= 11 is 0. The van der Waals surface area contributed by atoms with Gasteiger partial charge in [-0.3, -0.25) is 14.7 Å². The summed E-state index contributed by atoms with van der Waals surface area (Å²) in [7, 11) is 1.93. The van der Waals surface area contributed by atoms with Crippen LogP contribution in [-0.4, -0.2) is 51.2 Å². The van der Waals surface area contributed by atoms with Crippen molar-refractivity contribution in [1.29, 1.82) is 0 Å². The van der Waals surface area contributed by atoms with Gasteiger partial charge in [-0.15, -0.1) is 0 Å². The number of benzene rings is 1. The number of nitrogens with one attached hydrogen (secondary N) is 1. The zero-order valence-corrected chi connectivity index (χ0v) is 17.1. The number of hydrogen-bond acceptors (Lipinski definition) is 5. The summed E-state index contributed by atoms with van der Waals surface area (Å²) in [6.45, 7) is 3.33. The van der Waals surface area contributed by atoms with Crippen LogP contribution in [0, 0.1) is 0 Å². The lowest BCUT2D eigenvalue weighted by Crippen LogP contribution is -2.38. The molecule has 3 heterocycles. The molecule has 1 N–H and O–H groups in total. The Kier molecular flexibility index (Phi) is 6.28. The zero-order chi connectivity index (χ0) is 21.8. The molecule has 31 heavy (non-hydrogen) atoms. The van der Waals surface area contributed by atoms with Gasteiger partial charge in [0.1, 0.15) is 11.9 Å². The highest BCUT2D eigenvalue weighted by molar-refractivity contribution is 5.28. The van der Waals surface area contributed by atoms with Gasteiger partial charge in [0.05, 0.1) is 30.2 Å². The van der Waals surface area contributed by atoms with Gasteiger partial charge >= 0.3 is 6.18 Å². The molecule has 1 aliphatic heterocycles. The van der Waals surface area contributed by atoms with E-state index in [9.17, 15) is 13.2 Å². The van der Waals surface area contributed by atoms with E-state index in [1.165, 1.54) is 12.1 Å². The highest BCUT2D eigenvalue weighted by Gasteiger charge is 2.30. The highest BCUT2D eigenvalue weighted by atomic mass is 19.4. The average Bonchev–Trinajstić information content (AvgIpc) is 3.37. The van der Waals surface area contributed by atoms with Crippen LogP contribution in [0.1, 0.15) is 28.7 Å². The number of halogens is 3. The molecule has 2 aromatic heterocycles. The van der Waals surface area contributed by atoms with Gasteiger partial charge in [0.2, 0.25) is 0 Å². The second-order valence-corrected chi connectivity index (χ2v) is 7.48. The SMILES string of the molecule is Cn1nccc1CN1CCO[C@@H](c2cc(CCOc3ccc(C(F)(F)F)cc3)[nH]n2)C1. The summed E-state index contributed by atoms with van der Waals surface area (Å²) in [6.07, 6.45) is -2.12. The van der Waals surface area contributed by atoms with Gasteiger partial charge in [-0.2, -0.15) is 23.4 Å². The van der Waals surface area contributed by atoms with Gasteiger partial charge in [-0.05, 0) is 36.4 Å².